The van der Waals surface area contributed by atoms with Crippen LogP contribution >= 0.6 is 45.8 Å². The van der Waals surface area contributed by atoms with Crippen LogP contribution in [0, 0.1) is 3.57 Å². The van der Waals surface area contributed by atoms with Crippen LogP contribution in [0.3, 0.4) is 0 Å². The predicted molar refractivity (Wildman–Crippen MR) is 161 cm³/mol. The molecule has 11 nitrogen and oxygen atoms in total. The van der Waals surface area contributed by atoms with Crippen molar-refractivity contribution >= 4 is 75.4 Å². The highest BCUT2D eigenvalue weighted by atomic mass is 127. The van der Waals surface area contributed by atoms with Crippen LogP contribution in [0.1, 0.15) is 18.1 Å². The zero-order valence-electron chi connectivity index (χ0n) is 21.5. The molecule has 14 heteroatoms. The van der Waals surface area contributed by atoms with E-state index >= 15 is 0 Å². The summed E-state index contributed by atoms with van der Waals surface area (Å²) in [6, 6.07) is 13.2. The summed E-state index contributed by atoms with van der Waals surface area (Å²) in [4.78, 5) is 36.8. The van der Waals surface area contributed by atoms with Crippen LogP contribution in [-0.4, -0.2) is 43.9 Å². The summed E-state index contributed by atoms with van der Waals surface area (Å²) in [6.45, 7) is 2.10. The number of fused-ring (bicyclic) bond motifs is 1. The highest BCUT2D eigenvalue weighted by Gasteiger charge is 2.17. The van der Waals surface area contributed by atoms with Crippen LogP contribution in [-0.2, 0) is 20.9 Å². The number of ether oxygens (including phenoxy) is 4. The number of hydrogen-bond donors (Lipinski definition) is 3. The first-order valence-corrected chi connectivity index (χ1v) is 13.9. The number of anilines is 1. The van der Waals surface area contributed by atoms with E-state index in [-0.39, 0.29) is 19.9 Å². The van der Waals surface area contributed by atoms with E-state index in [4.69, 9.17) is 42.1 Å². The molecular weight excluding hydrogens is 690 g/mol. The van der Waals surface area contributed by atoms with Gasteiger partial charge in [0.15, 0.2) is 29.6 Å². The normalized spacial score (nSPS) is 11.7. The van der Waals surface area contributed by atoms with Gasteiger partial charge in [-0.15, -0.1) is 0 Å². The molecular formula is C27H23Cl2IN4O7. The van der Waals surface area contributed by atoms with E-state index in [1.807, 2.05) is 22.6 Å². The fraction of sp³-hybridized carbons (Fsp3) is 0.185. The van der Waals surface area contributed by atoms with E-state index in [1.54, 1.807) is 55.5 Å². The number of hydrazone groups is 1. The van der Waals surface area contributed by atoms with Crippen molar-refractivity contribution in [1.82, 2.24) is 10.7 Å². The van der Waals surface area contributed by atoms with Crippen molar-refractivity contribution in [2.45, 2.75) is 13.5 Å². The minimum absolute atomic E-state index is 0.120. The van der Waals surface area contributed by atoms with E-state index in [9.17, 15) is 14.4 Å². The summed E-state index contributed by atoms with van der Waals surface area (Å²) in [7, 11) is 0. The second-order valence-electron chi connectivity index (χ2n) is 8.33. The number of hydrogen-bond acceptors (Lipinski definition) is 8. The lowest BCUT2D eigenvalue weighted by atomic mass is 10.2. The zero-order chi connectivity index (χ0) is 29.4. The summed E-state index contributed by atoms with van der Waals surface area (Å²) in [5, 5.41) is 9.83. The molecule has 0 aromatic heterocycles. The smallest absolute Gasteiger partial charge is 0.329 e. The zero-order valence-corrected chi connectivity index (χ0v) is 25.1. The molecule has 41 heavy (non-hydrogen) atoms. The molecule has 0 unspecified atom stereocenters. The van der Waals surface area contributed by atoms with Crippen LogP contribution < -0.4 is 35.0 Å². The number of benzene rings is 3. The van der Waals surface area contributed by atoms with Gasteiger partial charge in [-0.05, 0) is 83.1 Å². The van der Waals surface area contributed by atoms with Gasteiger partial charge in [0.2, 0.25) is 6.79 Å². The van der Waals surface area contributed by atoms with Crippen molar-refractivity contribution in [3.05, 3.63) is 73.3 Å². The van der Waals surface area contributed by atoms with E-state index in [0.29, 0.717) is 54.5 Å². The average molecular weight is 713 g/mol. The Morgan fingerprint density at radius 1 is 1.00 bits per heavy atom. The van der Waals surface area contributed by atoms with Crippen LogP contribution in [0.25, 0.3) is 0 Å². The maximum atomic E-state index is 12.4. The molecule has 3 N–H and O–H groups in total. The molecule has 0 aliphatic carbocycles. The highest BCUT2D eigenvalue weighted by molar-refractivity contribution is 14.1. The molecule has 214 valence electrons. The summed E-state index contributed by atoms with van der Waals surface area (Å²) in [5.41, 5.74) is 3.93. The number of nitrogens with one attached hydrogen (secondary N) is 3. The minimum atomic E-state index is -0.936. The minimum Gasteiger partial charge on any atom is -0.490 e. The molecule has 0 radical (unpaired) electrons. The molecule has 3 amide bonds. The quantitative estimate of drug-likeness (QED) is 0.122. The summed E-state index contributed by atoms with van der Waals surface area (Å²) in [5.74, 6) is -0.289. The molecule has 3 aromatic rings. The lowest BCUT2D eigenvalue weighted by molar-refractivity contribution is -0.139. The number of carbonyl (C=O) groups excluding carboxylic acids is 3. The topological polar surface area (TPSA) is 137 Å². The Bertz CT molecular complexity index is 1480. The lowest BCUT2D eigenvalue weighted by Crippen LogP contribution is -2.37. The van der Waals surface area contributed by atoms with Crippen LogP contribution in [0.4, 0.5) is 5.69 Å². The van der Waals surface area contributed by atoms with Gasteiger partial charge in [-0.1, -0.05) is 29.3 Å². The molecule has 1 heterocycles. The summed E-state index contributed by atoms with van der Waals surface area (Å²) < 4.78 is 22.6. The van der Waals surface area contributed by atoms with E-state index in [1.165, 1.54) is 6.21 Å². The Labute approximate surface area is 258 Å². The molecule has 1 aliphatic heterocycles. The Morgan fingerprint density at radius 2 is 1.76 bits per heavy atom. The van der Waals surface area contributed by atoms with Gasteiger partial charge >= 0.3 is 11.8 Å². The predicted octanol–water partition coefficient (Wildman–Crippen LogP) is 4.51. The molecule has 0 bridgehead atoms. The Hall–Kier alpha value is -3.75. The fourth-order valence-electron chi connectivity index (χ4n) is 3.56. The third kappa shape index (κ3) is 8.62. The molecule has 0 spiro atoms. The highest BCUT2D eigenvalue weighted by Crippen LogP contribution is 2.34. The molecule has 0 atom stereocenters. The van der Waals surface area contributed by atoms with Gasteiger partial charge in [0.1, 0.15) is 0 Å². The number of halogens is 3. The van der Waals surface area contributed by atoms with Gasteiger partial charge in [-0.2, -0.15) is 5.10 Å². The number of nitrogens with zero attached hydrogens (tertiary/aromatic N) is 1. The fourth-order valence-corrected chi connectivity index (χ4v) is 4.86. The molecule has 4 rings (SSSR count). The van der Waals surface area contributed by atoms with Crippen LogP contribution in [0.15, 0.2) is 53.6 Å². The molecule has 0 saturated heterocycles. The first kappa shape index (κ1) is 30.2. The largest absolute Gasteiger partial charge is 0.490 e. The maximum absolute atomic E-state index is 12.4. The Morgan fingerprint density at radius 3 is 2.51 bits per heavy atom. The molecule has 1 aliphatic rings. The van der Waals surface area contributed by atoms with Crippen molar-refractivity contribution in [1.29, 1.82) is 0 Å². The average Bonchev–Trinajstić information content (AvgIpc) is 3.39. The third-order valence-electron chi connectivity index (χ3n) is 5.30. The second kappa shape index (κ2) is 14.2. The third-order valence-corrected chi connectivity index (χ3v) is 6.54. The molecule has 0 fully saturated rings. The van der Waals surface area contributed by atoms with Crippen molar-refractivity contribution in [3.8, 4) is 23.0 Å². The standard InChI is InChI=1S/C27H23Cl2IN4O7/c1-2-38-23-7-16(5-20(30)25(23)39-13-24(35)33-19-9-17(28)8-18(29)10-19)12-32-34-27(37)26(36)31-11-15-3-4-21-22(6-15)41-14-40-21/h3-10,12H,2,11,13-14H2,1H3,(H,31,36)(H,33,35)(H,34,37)/b32-12-. The lowest BCUT2D eigenvalue weighted by Gasteiger charge is -2.14. The van der Waals surface area contributed by atoms with Crippen molar-refractivity contribution < 1.29 is 33.3 Å². The van der Waals surface area contributed by atoms with Gasteiger partial charge in [-0.25, -0.2) is 5.43 Å². The number of carbonyl (C=O) groups is 3. The van der Waals surface area contributed by atoms with Gasteiger partial charge in [-0.3, -0.25) is 14.4 Å². The van der Waals surface area contributed by atoms with E-state index in [2.05, 4.69) is 21.2 Å². The Balaban J connectivity index is 1.31. The molecule has 0 saturated carbocycles. The van der Waals surface area contributed by atoms with E-state index < -0.39 is 17.7 Å². The maximum Gasteiger partial charge on any atom is 0.329 e. The first-order valence-electron chi connectivity index (χ1n) is 12.1. The van der Waals surface area contributed by atoms with Crippen molar-refractivity contribution in [3.63, 3.8) is 0 Å². The Kier molecular flexibility index (Phi) is 10.5. The SMILES string of the molecule is CCOc1cc(/C=N\NC(=O)C(=O)NCc2ccc3c(c2)OCO3)cc(I)c1OCC(=O)Nc1cc(Cl)cc(Cl)c1. The van der Waals surface area contributed by atoms with Crippen LogP contribution in [0.2, 0.25) is 10.0 Å². The second-order valence-corrected chi connectivity index (χ2v) is 10.4. The first-order chi connectivity index (χ1) is 19.7. The van der Waals surface area contributed by atoms with E-state index in [0.717, 1.165) is 5.56 Å². The van der Waals surface area contributed by atoms with Gasteiger partial charge in [0, 0.05) is 22.3 Å². The van der Waals surface area contributed by atoms with Crippen molar-refractivity contribution in [2.24, 2.45) is 5.10 Å². The molecule has 3 aromatic carbocycles. The number of rotatable bonds is 10. The van der Waals surface area contributed by atoms with Crippen LogP contribution in [0.5, 0.6) is 23.0 Å². The van der Waals surface area contributed by atoms with Gasteiger partial charge in [0.25, 0.3) is 5.91 Å². The number of amides is 3. The van der Waals surface area contributed by atoms with Gasteiger partial charge < -0.3 is 29.6 Å². The van der Waals surface area contributed by atoms with Gasteiger partial charge in [0.05, 0.1) is 16.4 Å². The summed E-state index contributed by atoms with van der Waals surface area (Å²) >= 11 is 14.0. The summed E-state index contributed by atoms with van der Waals surface area (Å²) in [6.07, 6.45) is 1.35. The van der Waals surface area contributed by atoms with Crippen molar-refractivity contribution in [2.75, 3.05) is 25.3 Å². The monoisotopic (exact) mass is 712 g/mol.